The summed E-state index contributed by atoms with van der Waals surface area (Å²) in [5, 5.41) is 0. The second-order valence-corrected chi connectivity index (χ2v) is 5.93. The Labute approximate surface area is 145 Å². The lowest BCUT2D eigenvalue weighted by molar-refractivity contribution is 0.1000. The number of ether oxygens (including phenoxy) is 1. The Bertz CT molecular complexity index is 723. The average Bonchev–Trinajstić information content (AvgIpc) is 2.60. The number of nitrogens with zero attached hydrogens (tertiary/aromatic N) is 1. The van der Waals surface area contributed by atoms with Crippen molar-refractivity contribution in [1.82, 2.24) is 4.98 Å². The Kier molecular flexibility index (Phi) is 6.03. The first-order valence-electron chi connectivity index (χ1n) is 7.87. The molecular formula is C18H21F2N3O2. The molecule has 4 N–H and O–H groups in total. The van der Waals surface area contributed by atoms with E-state index in [4.69, 9.17) is 16.2 Å². The van der Waals surface area contributed by atoms with Crippen molar-refractivity contribution in [2.24, 2.45) is 11.5 Å². The fraction of sp³-hybridized carbons (Fsp3) is 0.333. The third kappa shape index (κ3) is 4.51. The highest BCUT2D eigenvalue weighted by Gasteiger charge is 2.31. The molecule has 1 aromatic carbocycles. The molecule has 1 heterocycles. The molecule has 134 valence electrons. The number of nitrogens with two attached hydrogens (primary N) is 2. The minimum Gasteiger partial charge on any atom is -0.439 e. The van der Waals surface area contributed by atoms with Crippen LogP contribution in [-0.2, 0) is 0 Å². The molecule has 7 heteroatoms. The lowest BCUT2D eigenvalue weighted by Crippen LogP contribution is -2.38. The van der Waals surface area contributed by atoms with E-state index < -0.39 is 30.2 Å². The molecule has 5 nitrogen and oxygen atoms in total. The lowest BCUT2D eigenvalue weighted by Gasteiger charge is -2.24. The van der Waals surface area contributed by atoms with Gasteiger partial charge in [0, 0.05) is 29.8 Å². The minimum atomic E-state index is -1.78. The van der Waals surface area contributed by atoms with Gasteiger partial charge in [0.05, 0.1) is 5.56 Å². The number of primary amides is 1. The summed E-state index contributed by atoms with van der Waals surface area (Å²) < 4.78 is 34.0. The molecule has 4 unspecified atom stereocenters. The van der Waals surface area contributed by atoms with Crippen molar-refractivity contribution < 1.29 is 18.3 Å². The fourth-order valence-electron chi connectivity index (χ4n) is 2.39. The number of carbonyl (C=O) groups is 1. The highest BCUT2D eigenvalue weighted by Crippen LogP contribution is 2.34. The van der Waals surface area contributed by atoms with Gasteiger partial charge in [-0.1, -0.05) is 25.1 Å². The van der Waals surface area contributed by atoms with Crippen LogP contribution in [0.15, 0.2) is 42.6 Å². The first kappa shape index (κ1) is 18.8. The van der Waals surface area contributed by atoms with E-state index >= 15 is 0 Å². The van der Waals surface area contributed by atoms with E-state index in [0.717, 1.165) is 0 Å². The molecule has 0 saturated heterocycles. The van der Waals surface area contributed by atoms with Gasteiger partial charge in [0.2, 0.25) is 11.8 Å². The number of alkyl halides is 2. The number of carbonyl (C=O) groups excluding carboxylic acids is 1. The molecule has 0 bridgehead atoms. The normalized spacial score (nSPS) is 15.9. The van der Waals surface area contributed by atoms with E-state index in [1.54, 1.807) is 31.2 Å². The van der Waals surface area contributed by atoms with E-state index in [9.17, 15) is 13.6 Å². The van der Waals surface area contributed by atoms with Crippen LogP contribution >= 0.6 is 0 Å². The Hall–Kier alpha value is -2.54. The predicted molar refractivity (Wildman–Crippen MR) is 91.1 cm³/mol. The molecule has 2 rings (SSSR count). The van der Waals surface area contributed by atoms with Gasteiger partial charge in [-0.2, -0.15) is 0 Å². The number of hydrogen-bond acceptors (Lipinski definition) is 4. The molecule has 0 aliphatic carbocycles. The van der Waals surface area contributed by atoms with Gasteiger partial charge < -0.3 is 16.2 Å². The van der Waals surface area contributed by atoms with E-state index in [2.05, 4.69) is 4.98 Å². The summed E-state index contributed by atoms with van der Waals surface area (Å²) in [6.45, 7) is 3.00. The van der Waals surface area contributed by atoms with Crippen LogP contribution in [-0.4, -0.2) is 29.3 Å². The van der Waals surface area contributed by atoms with Crippen LogP contribution in [0.2, 0.25) is 0 Å². The molecule has 1 amide bonds. The second kappa shape index (κ2) is 8.02. The molecule has 1 aromatic heterocycles. The Balaban J connectivity index is 2.24. The van der Waals surface area contributed by atoms with Crippen molar-refractivity contribution in [1.29, 1.82) is 0 Å². The maximum atomic E-state index is 14.4. The van der Waals surface area contributed by atoms with Crippen molar-refractivity contribution in [2.75, 3.05) is 0 Å². The first-order valence-corrected chi connectivity index (χ1v) is 7.87. The van der Waals surface area contributed by atoms with Crippen LogP contribution in [0.25, 0.3) is 0 Å². The predicted octanol–water partition coefficient (Wildman–Crippen LogP) is 3.10. The van der Waals surface area contributed by atoms with Crippen molar-refractivity contribution >= 4 is 5.91 Å². The average molecular weight is 349 g/mol. The summed E-state index contributed by atoms with van der Waals surface area (Å²) in [6.07, 6.45) is -2.26. The van der Waals surface area contributed by atoms with Gasteiger partial charge in [0.1, 0.15) is 18.1 Å². The Morgan fingerprint density at radius 2 is 1.80 bits per heavy atom. The number of hydrogen-bond donors (Lipinski definition) is 2. The largest absolute Gasteiger partial charge is 0.439 e. The maximum absolute atomic E-state index is 14.4. The lowest BCUT2D eigenvalue weighted by atomic mass is 9.91. The molecule has 0 aliphatic heterocycles. The minimum absolute atomic E-state index is 0.212. The molecule has 0 fully saturated rings. The first-order chi connectivity index (χ1) is 11.8. The zero-order valence-electron chi connectivity index (χ0n) is 14.0. The summed E-state index contributed by atoms with van der Waals surface area (Å²) in [5.41, 5.74) is 11.4. The monoisotopic (exact) mass is 349 g/mol. The van der Waals surface area contributed by atoms with Gasteiger partial charge >= 0.3 is 0 Å². The molecule has 25 heavy (non-hydrogen) atoms. The van der Waals surface area contributed by atoms with Crippen LogP contribution in [0, 0.1) is 0 Å². The molecule has 0 aliphatic rings. The van der Waals surface area contributed by atoms with Crippen LogP contribution < -0.4 is 16.2 Å². The number of rotatable bonds is 7. The standard InChI is InChI=1S/C18H21F2N3O2/c1-10(16(19)17(20)11(2)21)13-5-3-4-6-14(13)25-15-8-7-12(9-23-15)18(22)24/h3-11,16-17H,21H2,1-2H3,(H2,22,24). The summed E-state index contributed by atoms with van der Waals surface area (Å²) in [4.78, 5) is 15.1. The van der Waals surface area contributed by atoms with Crippen molar-refractivity contribution in [3.05, 3.63) is 53.7 Å². The Morgan fingerprint density at radius 1 is 1.12 bits per heavy atom. The number of halogens is 2. The summed E-state index contributed by atoms with van der Waals surface area (Å²) in [5.74, 6) is -0.793. The number of benzene rings is 1. The van der Waals surface area contributed by atoms with Gasteiger partial charge in [-0.05, 0) is 19.1 Å². The molecule has 0 saturated carbocycles. The van der Waals surface area contributed by atoms with Crippen LogP contribution in [0.1, 0.15) is 35.7 Å². The van der Waals surface area contributed by atoms with E-state index in [1.807, 2.05) is 0 Å². The van der Waals surface area contributed by atoms with Crippen LogP contribution in [0.5, 0.6) is 11.6 Å². The third-order valence-electron chi connectivity index (χ3n) is 3.93. The second-order valence-electron chi connectivity index (χ2n) is 5.93. The zero-order valence-corrected chi connectivity index (χ0v) is 14.0. The summed E-state index contributed by atoms with van der Waals surface area (Å²) in [6, 6.07) is 8.79. The highest BCUT2D eigenvalue weighted by molar-refractivity contribution is 5.92. The Morgan fingerprint density at radius 3 is 2.36 bits per heavy atom. The van der Waals surface area contributed by atoms with E-state index in [-0.39, 0.29) is 11.4 Å². The summed E-state index contributed by atoms with van der Waals surface area (Å²) >= 11 is 0. The fourth-order valence-corrected chi connectivity index (χ4v) is 2.39. The number of amides is 1. The van der Waals surface area contributed by atoms with Gasteiger partial charge in [-0.3, -0.25) is 4.79 Å². The highest BCUT2D eigenvalue weighted by atomic mass is 19.2. The SMILES string of the molecule is CC(N)C(F)C(F)C(C)c1ccccc1Oc1ccc(C(N)=O)cn1. The van der Waals surface area contributed by atoms with Crippen LogP contribution in [0.3, 0.4) is 0 Å². The molecule has 2 aromatic rings. The van der Waals surface area contributed by atoms with Crippen LogP contribution in [0.4, 0.5) is 8.78 Å². The third-order valence-corrected chi connectivity index (χ3v) is 3.93. The molecular weight excluding hydrogens is 328 g/mol. The molecule has 0 radical (unpaired) electrons. The number of pyridine rings is 1. The van der Waals surface area contributed by atoms with Crippen molar-refractivity contribution in [3.63, 3.8) is 0 Å². The molecule has 4 atom stereocenters. The topological polar surface area (TPSA) is 91.2 Å². The number of aromatic nitrogens is 1. The quantitative estimate of drug-likeness (QED) is 0.803. The van der Waals surface area contributed by atoms with Gasteiger partial charge in [-0.25, -0.2) is 13.8 Å². The van der Waals surface area contributed by atoms with Gasteiger partial charge in [0.25, 0.3) is 0 Å². The maximum Gasteiger partial charge on any atom is 0.250 e. The van der Waals surface area contributed by atoms with Gasteiger partial charge in [0.15, 0.2) is 0 Å². The van der Waals surface area contributed by atoms with Crippen molar-refractivity contribution in [2.45, 2.75) is 38.2 Å². The summed E-state index contributed by atoms with van der Waals surface area (Å²) in [7, 11) is 0. The zero-order chi connectivity index (χ0) is 18.6. The van der Waals surface area contributed by atoms with Crippen molar-refractivity contribution in [3.8, 4) is 11.6 Å². The molecule has 0 spiro atoms. The number of para-hydroxylation sites is 1. The van der Waals surface area contributed by atoms with E-state index in [0.29, 0.717) is 11.3 Å². The van der Waals surface area contributed by atoms with E-state index in [1.165, 1.54) is 25.3 Å². The smallest absolute Gasteiger partial charge is 0.250 e. The van der Waals surface area contributed by atoms with Gasteiger partial charge in [-0.15, -0.1) is 0 Å².